The number of fused-ring (bicyclic) bond motifs is 1. The van der Waals surface area contributed by atoms with Gasteiger partial charge in [0, 0.05) is 25.5 Å². The number of carbonyl (C=O) groups excluding carboxylic acids is 4. The number of anilines is 2. The van der Waals surface area contributed by atoms with Crippen LogP contribution in [0.25, 0.3) is 6.08 Å². The first kappa shape index (κ1) is 39.0. The molecule has 1 aliphatic rings. The minimum Gasteiger partial charge on any atom is -0.462 e. The number of esters is 1. The molecule has 0 bridgehead atoms. The smallest absolute Gasteiger partial charge is 0.341 e. The molecule has 0 fully saturated rings. The molecule has 1 aliphatic carbocycles. The van der Waals surface area contributed by atoms with Crippen LogP contribution in [0.3, 0.4) is 0 Å². The van der Waals surface area contributed by atoms with E-state index in [2.05, 4.69) is 52.7 Å². The van der Waals surface area contributed by atoms with Crippen LogP contribution in [0.1, 0.15) is 84.2 Å². The third-order valence-electron chi connectivity index (χ3n) is 8.93. The minimum absolute atomic E-state index is 0.0701. The number of benzene rings is 3. The highest BCUT2D eigenvalue weighted by Crippen LogP contribution is 2.45. The molecule has 1 aromatic heterocycles. The van der Waals surface area contributed by atoms with Gasteiger partial charge in [0.15, 0.2) is 0 Å². The molecule has 0 spiro atoms. The number of hydrogen-bond acceptors (Lipinski definition) is 7. The fourth-order valence-corrected chi connectivity index (χ4v) is 8.81. The Kier molecular flexibility index (Phi) is 13.2. The lowest BCUT2D eigenvalue weighted by atomic mass is 9.72. The Labute approximate surface area is 322 Å². The summed E-state index contributed by atoms with van der Waals surface area (Å²) < 4.78 is 6.28. The first-order valence-electron chi connectivity index (χ1n) is 17.4. The highest BCUT2D eigenvalue weighted by Gasteiger charge is 2.35. The molecule has 0 saturated carbocycles. The summed E-state index contributed by atoms with van der Waals surface area (Å²) in [5, 5.41) is 8.84. The van der Waals surface area contributed by atoms with Crippen molar-refractivity contribution in [2.45, 2.75) is 70.4 Å². The number of thiophene rings is 1. The summed E-state index contributed by atoms with van der Waals surface area (Å²) in [5.41, 5.74) is 3.34. The zero-order valence-electron chi connectivity index (χ0n) is 30.0. The average molecular weight is 803 g/mol. The number of rotatable bonds is 12. The summed E-state index contributed by atoms with van der Waals surface area (Å²) in [6.45, 7) is 10.7. The van der Waals surface area contributed by atoms with Crippen molar-refractivity contribution in [1.29, 1.82) is 0 Å². The summed E-state index contributed by atoms with van der Waals surface area (Å²) in [5.74, 6) is -1.04. The van der Waals surface area contributed by atoms with Crippen LogP contribution < -0.4 is 16.0 Å². The van der Waals surface area contributed by atoms with E-state index < -0.39 is 23.0 Å². The van der Waals surface area contributed by atoms with E-state index in [4.69, 9.17) is 4.74 Å². The molecule has 3 aromatic carbocycles. The van der Waals surface area contributed by atoms with E-state index >= 15 is 0 Å². The average Bonchev–Trinajstić information content (AvgIpc) is 3.47. The molecule has 4 aromatic rings. The maximum atomic E-state index is 13.8. The van der Waals surface area contributed by atoms with Gasteiger partial charge < -0.3 is 20.7 Å². The van der Waals surface area contributed by atoms with E-state index in [-0.39, 0.29) is 23.6 Å². The van der Waals surface area contributed by atoms with Gasteiger partial charge in [0.05, 0.1) is 17.4 Å². The van der Waals surface area contributed by atoms with Gasteiger partial charge in [-0.25, -0.2) is 4.79 Å². The summed E-state index contributed by atoms with van der Waals surface area (Å²) in [7, 11) is 0. The molecule has 3 N–H and O–H groups in total. The van der Waals surface area contributed by atoms with Crippen molar-refractivity contribution in [2.24, 2.45) is 11.3 Å². The Morgan fingerprint density at radius 2 is 1.73 bits per heavy atom. The van der Waals surface area contributed by atoms with E-state index in [1.54, 1.807) is 55.5 Å². The Hall–Kier alpha value is -4.19. The Bertz CT molecular complexity index is 1970. The van der Waals surface area contributed by atoms with E-state index in [0.29, 0.717) is 34.2 Å². The van der Waals surface area contributed by atoms with Gasteiger partial charge in [-0.3, -0.25) is 14.4 Å². The molecule has 0 radical (unpaired) electrons. The van der Waals surface area contributed by atoms with Gasteiger partial charge in [-0.05, 0) is 104 Å². The highest BCUT2D eigenvalue weighted by molar-refractivity contribution is 9.10. The predicted octanol–water partition coefficient (Wildman–Crippen LogP) is 9.76. The molecule has 0 aliphatic heterocycles. The second-order valence-corrected chi connectivity index (χ2v) is 17.0. The van der Waals surface area contributed by atoms with Crippen molar-refractivity contribution >= 4 is 79.5 Å². The van der Waals surface area contributed by atoms with Crippen molar-refractivity contribution in [1.82, 2.24) is 5.32 Å². The number of carbonyl (C=O) groups is 4. The molecule has 52 heavy (non-hydrogen) atoms. The number of hydrogen-bond donors (Lipinski definition) is 3. The van der Waals surface area contributed by atoms with E-state index in [1.807, 2.05) is 43.3 Å². The zero-order valence-corrected chi connectivity index (χ0v) is 33.2. The normalized spacial score (nSPS) is 14.9. The van der Waals surface area contributed by atoms with Crippen molar-refractivity contribution in [2.75, 3.05) is 17.2 Å². The first-order chi connectivity index (χ1) is 24.9. The van der Waals surface area contributed by atoms with Crippen molar-refractivity contribution in [3.05, 3.63) is 116 Å². The number of amides is 3. The van der Waals surface area contributed by atoms with Gasteiger partial charge in [0.25, 0.3) is 11.8 Å². The Morgan fingerprint density at radius 1 is 0.981 bits per heavy atom. The molecule has 11 heteroatoms. The second-order valence-electron chi connectivity index (χ2n) is 13.7. The van der Waals surface area contributed by atoms with Crippen LogP contribution in [-0.2, 0) is 27.2 Å². The molecule has 8 nitrogen and oxygen atoms in total. The molecule has 272 valence electrons. The maximum Gasteiger partial charge on any atom is 0.341 e. The minimum atomic E-state index is -0.502. The summed E-state index contributed by atoms with van der Waals surface area (Å²) in [6, 6.07) is 23.3. The quantitative estimate of drug-likeness (QED) is 0.0747. The van der Waals surface area contributed by atoms with Gasteiger partial charge in [0.2, 0.25) is 5.91 Å². The summed E-state index contributed by atoms with van der Waals surface area (Å²) >= 11 is 6.33. The van der Waals surface area contributed by atoms with Gasteiger partial charge in [0.1, 0.15) is 10.7 Å². The lowest BCUT2D eigenvalue weighted by Crippen LogP contribution is -2.30. The predicted molar refractivity (Wildman–Crippen MR) is 215 cm³/mol. The highest BCUT2D eigenvalue weighted by atomic mass is 79.9. The molecule has 3 amide bonds. The third-order valence-corrected chi connectivity index (χ3v) is 11.9. The fraction of sp³-hybridized carbons (Fsp3) is 0.317. The van der Waals surface area contributed by atoms with Gasteiger partial charge in [-0.2, -0.15) is 0 Å². The lowest BCUT2D eigenvalue weighted by Gasteiger charge is -2.33. The standard InChI is InChI=1S/C41H44BrN3O5S2/c1-6-33(38(48)45-39-35(40(49)50-7-2)31-20-19-27(41(3,4)5)23-34(31)52-39)51-30-18-12-17-29(24-30)43-37(47)32(22-25-13-11-16-28(42)21-25)44-36(46)26-14-9-8-10-15-26/h8-18,21-22,24,27,33H,6-7,19-20,23H2,1-5H3,(H,43,47)(H,44,46)(H,45,48)/b32-22+. The van der Waals surface area contributed by atoms with Crippen LogP contribution in [0, 0.1) is 11.3 Å². The lowest BCUT2D eigenvalue weighted by molar-refractivity contribution is -0.116. The summed E-state index contributed by atoms with van der Waals surface area (Å²) in [6.07, 6.45) is 4.77. The number of nitrogens with one attached hydrogen (secondary N) is 3. The molecule has 2 atom stereocenters. The van der Waals surface area contributed by atoms with E-state index in [1.165, 1.54) is 23.1 Å². The van der Waals surface area contributed by atoms with Crippen LogP contribution in [0.15, 0.2) is 93.9 Å². The third kappa shape index (κ3) is 10.0. The van der Waals surface area contributed by atoms with Gasteiger partial charge in [-0.15, -0.1) is 23.1 Å². The van der Waals surface area contributed by atoms with Crippen molar-refractivity contribution in [3.8, 4) is 0 Å². The molecule has 5 rings (SSSR count). The second kappa shape index (κ2) is 17.6. The van der Waals surface area contributed by atoms with Crippen molar-refractivity contribution in [3.63, 3.8) is 0 Å². The molecular weight excluding hydrogens is 759 g/mol. The van der Waals surface area contributed by atoms with Gasteiger partial charge >= 0.3 is 5.97 Å². The molecule has 1 heterocycles. The van der Waals surface area contributed by atoms with Crippen LogP contribution >= 0.6 is 39.0 Å². The largest absolute Gasteiger partial charge is 0.462 e. The fourth-order valence-electron chi connectivity index (χ4n) is 6.06. The number of ether oxygens (including phenoxy) is 1. The van der Waals surface area contributed by atoms with E-state index in [0.717, 1.165) is 44.6 Å². The first-order valence-corrected chi connectivity index (χ1v) is 19.9. The summed E-state index contributed by atoms with van der Waals surface area (Å²) in [4.78, 5) is 55.6. The zero-order chi connectivity index (χ0) is 37.4. The van der Waals surface area contributed by atoms with Crippen LogP contribution in [-0.4, -0.2) is 35.5 Å². The topological polar surface area (TPSA) is 114 Å². The number of thioether (sulfide) groups is 1. The van der Waals surface area contributed by atoms with Crippen LogP contribution in [0.2, 0.25) is 0 Å². The maximum absolute atomic E-state index is 13.8. The van der Waals surface area contributed by atoms with Crippen LogP contribution in [0.4, 0.5) is 10.7 Å². The molecule has 0 saturated heterocycles. The van der Waals surface area contributed by atoms with Gasteiger partial charge in [-0.1, -0.05) is 80.0 Å². The van der Waals surface area contributed by atoms with Crippen LogP contribution in [0.5, 0.6) is 0 Å². The molecule has 2 unspecified atom stereocenters. The van der Waals surface area contributed by atoms with E-state index in [9.17, 15) is 19.2 Å². The van der Waals surface area contributed by atoms with Crippen molar-refractivity contribution < 1.29 is 23.9 Å². The SMILES string of the molecule is CCOC(=O)c1c(NC(=O)C(CC)Sc2cccc(NC(=O)/C(=C\c3cccc(Br)c3)NC(=O)c3ccccc3)c2)sc2c1CCC(C(C)(C)C)C2. The Balaban J connectivity index is 1.32. The monoisotopic (exact) mass is 801 g/mol. The Morgan fingerprint density at radius 3 is 2.42 bits per heavy atom. The molecular formula is C41H44BrN3O5S2. The number of halogens is 1.